The van der Waals surface area contributed by atoms with Gasteiger partial charge in [0.2, 0.25) is 10.0 Å². The second-order valence-electron chi connectivity index (χ2n) is 15.2. The van der Waals surface area contributed by atoms with Crippen LogP contribution in [0.25, 0.3) is 0 Å². The Morgan fingerprint density at radius 2 is 1.07 bits per heavy atom. The van der Waals surface area contributed by atoms with Crippen molar-refractivity contribution in [2.75, 3.05) is 13.1 Å². The van der Waals surface area contributed by atoms with Gasteiger partial charge in [-0.3, -0.25) is 10.1 Å². The van der Waals surface area contributed by atoms with Crippen LogP contribution < -0.4 is 10.0 Å². The highest BCUT2D eigenvalue weighted by Gasteiger charge is 2.34. The third-order valence-corrected chi connectivity index (χ3v) is 11.9. The van der Waals surface area contributed by atoms with Crippen LogP contribution in [0.2, 0.25) is 0 Å². The zero-order chi connectivity index (χ0) is 40.1. The summed E-state index contributed by atoms with van der Waals surface area (Å²) >= 11 is 0. The average molecular weight is 794 g/mol. The molecular formula is C46H71N3O6S. The molecule has 3 rings (SSSR count). The van der Waals surface area contributed by atoms with E-state index in [0.717, 1.165) is 56.2 Å². The number of benzene rings is 3. The van der Waals surface area contributed by atoms with Crippen molar-refractivity contribution in [2.24, 2.45) is 0 Å². The SMILES string of the molecule is CCCCCCCCCCCCCC[C@@H](OCc1ccccc1)[C@@H](OCc1ccccc1)[C@H](CNCCCCCCCC)NS(=O)(=O)c1ccc([N+](=O)[O-])cc1. The summed E-state index contributed by atoms with van der Waals surface area (Å²) in [6.07, 6.45) is 21.6. The van der Waals surface area contributed by atoms with Gasteiger partial charge >= 0.3 is 0 Å². The topological polar surface area (TPSA) is 120 Å². The van der Waals surface area contributed by atoms with E-state index < -0.39 is 33.2 Å². The Bertz CT molecular complexity index is 1530. The molecule has 0 aromatic heterocycles. The van der Waals surface area contributed by atoms with E-state index in [4.69, 9.17) is 9.47 Å². The fraction of sp³-hybridized carbons (Fsp3) is 0.609. The van der Waals surface area contributed by atoms with Crippen molar-refractivity contribution in [2.45, 2.75) is 172 Å². The normalized spacial score (nSPS) is 13.4. The summed E-state index contributed by atoms with van der Waals surface area (Å²) in [4.78, 5) is 10.8. The number of sulfonamides is 1. The quantitative estimate of drug-likeness (QED) is 0.0351. The van der Waals surface area contributed by atoms with Gasteiger partial charge in [0, 0.05) is 18.7 Å². The van der Waals surface area contributed by atoms with Crippen LogP contribution in [0.5, 0.6) is 0 Å². The first-order chi connectivity index (χ1) is 27.3. The van der Waals surface area contributed by atoms with Gasteiger partial charge in [-0.15, -0.1) is 0 Å². The molecule has 312 valence electrons. The van der Waals surface area contributed by atoms with Crippen LogP contribution in [-0.4, -0.2) is 44.7 Å². The highest BCUT2D eigenvalue weighted by Crippen LogP contribution is 2.23. The number of unbranched alkanes of at least 4 members (excludes halogenated alkanes) is 16. The number of hydrogen-bond donors (Lipinski definition) is 2. The van der Waals surface area contributed by atoms with Crippen molar-refractivity contribution in [3.63, 3.8) is 0 Å². The second-order valence-corrected chi connectivity index (χ2v) is 16.9. The van der Waals surface area contributed by atoms with Crippen molar-refractivity contribution in [1.29, 1.82) is 0 Å². The molecule has 0 saturated carbocycles. The third kappa shape index (κ3) is 19.8. The lowest BCUT2D eigenvalue weighted by molar-refractivity contribution is -0.384. The largest absolute Gasteiger partial charge is 0.371 e. The molecule has 0 heterocycles. The molecule has 0 fully saturated rings. The monoisotopic (exact) mass is 794 g/mol. The second kappa shape index (κ2) is 29.1. The molecule has 56 heavy (non-hydrogen) atoms. The summed E-state index contributed by atoms with van der Waals surface area (Å²) in [7, 11) is -4.08. The minimum atomic E-state index is -4.08. The van der Waals surface area contributed by atoms with Crippen LogP contribution in [0.4, 0.5) is 5.69 Å². The predicted octanol–water partition coefficient (Wildman–Crippen LogP) is 11.5. The number of nitrogens with zero attached hydrogens (tertiary/aromatic N) is 1. The van der Waals surface area contributed by atoms with E-state index >= 15 is 0 Å². The molecular weight excluding hydrogens is 723 g/mol. The highest BCUT2D eigenvalue weighted by molar-refractivity contribution is 7.89. The summed E-state index contributed by atoms with van der Waals surface area (Å²) in [6, 6.07) is 24.3. The summed E-state index contributed by atoms with van der Waals surface area (Å²) in [5, 5.41) is 14.9. The molecule has 0 spiro atoms. The Morgan fingerprint density at radius 3 is 1.57 bits per heavy atom. The third-order valence-electron chi connectivity index (χ3n) is 10.4. The molecule has 10 heteroatoms. The lowest BCUT2D eigenvalue weighted by Gasteiger charge is -2.34. The number of rotatable bonds is 34. The van der Waals surface area contributed by atoms with Crippen molar-refractivity contribution >= 4 is 15.7 Å². The lowest BCUT2D eigenvalue weighted by atomic mass is 9.98. The average Bonchev–Trinajstić information content (AvgIpc) is 3.21. The van der Waals surface area contributed by atoms with Gasteiger partial charge in [0.05, 0.1) is 35.2 Å². The molecule has 2 N–H and O–H groups in total. The van der Waals surface area contributed by atoms with Gasteiger partial charge in [-0.1, -0.05) is 184 Å². The molecule has 3 aromatic rings. The Labute approximate surface area is 339 Å². The first-order valence-electron chi connectivity index (χ1n) is 21.6. The smallest absolute Gasteiger partial charge is 0.269 e. The molecule has 0 aliphatic carbocycles. The Hall–Kier alpha value is -3.15. The first kappa shape index (κ1) is 47.2. The standard InChI is InChI=1S/C46H71N3O6S/c1-3-5-7-9-11-12-13-14-15-16-17-25-31-45(54-38-40-27-21-19-22-28-40)46(55-39-41-29-23-20-24-30-41)44(37-47-36-26-18-10-8-6-4-2)48-56(52,53)43-34-32-42(33-35-43)49(50)51/h19-24,27-30,32-35,44-48H,3-18,25-26,31,36-39H2,1-2H3/t44-,45+,46-/m0/s1. The summed E-state index contributed by atoms with van der Waals surface area (Å²) in [5.74, 6) is 0. The van der Waals surface area contributed by atoms with Gasteiger partial charge in [0.1, 0.15) is 6.10 Å². The molecule has 9 nitrogen and oxygen atoms in total. The van der Waals surface area contributed by atoms with Crippen molar-refractivity contribution in [3.8, 4) is 0 Å². The van der Waals surface area contributed by atoms with E-state index in [1.54, 1.807) is 0 Å². The van der Waals surface area contributed by atoms with E-state index in [1.807, 2.05) is 60.7 Å². The van der Waals surface area contributed by atoms with Crippen LogP contribution in [0.1, 0.15) is 147 Å². The van der Waals surface area contributed by atoms with Gasteiger partial charge in [0.15, 0.2) is 0 Å². The number of nitro benzene ring substituents is 1. The molecule has 0 saturated heterocycles. The Morgan fingerprint density at radius 1 is 0.607 bits per heavy atom. The van der Waals surface area contributed by atoms with Gasteiger partial charge in [-0.25, -0.2) is 13.1 Å². The van der Waals surface area contributed by atoms with Crippen molar-refractivity contribution in [1.82, 2.24) is 10.0 Å². The molecule has 0 amide bonds. The molecule has 0 bridgehead atoms. The zero-order valence-corrected chi connectivity index (χ0v) is 35.2. The van der Waals surface area contributed by atoms with Crippen LogP contribution in [0.3, 0.4) is 0 Å². The number of ether oxygens (including phenoxy) is 2. The molecule has 0 aliphatic heterocycles. The van der Waals surface area contributed by atoms with Gasteiger partial charge in [-0.2, -0.15) is 0 Å². The number of hydrogen-bond acceptors (Lipinski definition) is 7. The van der Waals surface area contributed by atoms with E-state index in [9.17, 15) is 18.5 Å². The Balaban J connectivity index is 1.81. The first-order valence-corrected chi connectivity index (χ1v) is 23.1. The van der Waals surface area contributed by atoms with E-state index in [2.05, 4.69) is 23.9 Å². The molecule has 0 aliphatic rings. The minimum absolute atomic E-state index is 0.0338. The van der Waals surface area contributed by atoms with Gasteiger partial charge < -0.3 is 14.8 Å². The van der Waals surface area contributed by atoms with Gasteiger partial charge in [0.25, 0.3) is 5.69 Å². The molecule has 3 aromatic carbocycles. The maximum absolute atomic E-state index is 14.0. The summed E-state index contributed by atoms with van der Waals surface area (Å²) in [6.45, 7) is 6.23. The predicted molar refractivity (Wildman–Crippen MR) is 229 cm³/mol. The summed E-state index contributed by atoms with van der Waals surface area (Å²) in [5.41, 5.74) is 1.86. The van der Waals surface area contributed by atoms with E-state index in [-0.39, 0.29) is 10.6 Å². The molecule has 0 unspecified atom stereocenters. The van der Waals surface area contributed by atoms with Crippen LogP contribution in [0, 0.1) is 10.1 Å². The van der Waals surface area contributed by atoms with Crippen LogP contribution >= 0.6 is 0 Å². The minimum Gasteiger partial charge on any atom is -0.371 e. The van der Waals surface area contributed by atoms with Crippen LogP contribution in [0.15, 0.2) is 89.8 Å². The van der Waals surface area contributed by atoms with Crippen molar-refractivity contribution in [3.05, 3.63) is 106 Å². The van der Waals surface area contributed by atoms with Crippen molar-refractivity contribution < 1.29 is 22.8 Å². The number of non-ortho nitro benzene ring substituents is 1. The number of nitrogens with one attached hydrogen (secondary N) is 2. The maximum atomic E-state index is 14.0. The fourth-order valence-electron chi connectivity index (χ4n) is 7.08. The molecule has 0 radical (unpaired) electrons. The Kier molecular flexibility index (Phi) is 24.6. The lowest BCUT2D eigenvalue weighted by Crippen LogP contribution is -2.55. The zero-order valence-electron chi connectivity index (χ0n) is 34.4. The fourth-order valence-corrected chi connectivity index (χ4v) is 8.33. The molecule has 3 atom stereocenters. The number of nitro groups is 1. The summed E-state index contributed by atoms with van der Waals surface area (Å²) < 4.78 is 44.5. The van der Waals surface area contributed by atoms with Crippen LogP contribution in [-0.2, 0) is 32.7 Å². The maximum Gasteiger partial charge on any atom is 0.269 e. The van der Waals surface area contributed by atoms with Gasteiger partial charge in [-0.05, 0) is 42.6 Å². The van der Waals surface area contributed by atoms with E-state index in [1.165, 1.54) is 108 Å². The highest BCUT2D eigenvalue weighted by atomic mass is 32.2. The van der Waals surface area contributed by atoms with E-state index in [0.29, 0.717) is 19.8 Å².